The number of fused-ring (bicyclic) bond motifs is 1. The molecule has 0 aliphatic carbocycles. The molecule has 0 unspecified atom stereocenters. The van der Waals surface area contributed by atoms with E-state index in [4.69, 9.17) is 67.3 Å². The molecule has 9 N–H and O–H groups in total. The standard InChI is InChI=1S/C74H99F4N7O26S/c1-3-16-84(17-4-2)71(92)53-39-52-10-9-51(41-57(52)82-60(79)42-53)50-6-5-7-54(40-50)112(96,97)85-45-49(46-85)44-81-74(95)108-47-48-8-11-59(109-73-68(91)66(89)67(90)70(111-73)72(93)94)58(38-48)83-62(87)12-15-80-61(86)13-18-98-20-22-100-24-26-102-28-30-104-32-34-106-36-37-107-35-33-105-31-29-103-27-25-101-23-21-99-19-14-63(88)110-69-64(77)55(75)43-56(76)65(69)78/h5-11,38-41,43,49,66-68,70,73,89-91H,3-4,12-37,42,44-47H2,1-2H3,(H2,79,82)(H,80,86)(H,81,95)(H,83,87)(H,93,94)/t66-,67-,68+,70-,73+/m1/s1. The lowest BCUT2D eigenvalue weighted by Crippen LogP contribution is -2.61. The average Bonchev–Trinajstić information content (AvgIpc) is 0.869. The van der Waals surface area contributed by atoms with Gasteiger partial charge in [-0.3, -0.25) is 19.2 Å². The van der Waals surface area contributed by atoms with E-state index in [9.17, 15) is 75.2 Å². The number of nitrogens with one attached hydrogen (secondary N) is 3. The van der Waals surface area contributed by atoms with Crippen molar-refractivity contribution in [1.29, 1.82) is 0 Å². The van der Waals surface area contributed by atoms with Gasteiger partial charge in [0.25, 0.3) is 0 Å². The number of alkyl carbamates (subject to hydrolysis) is 1. The molecule has 0 aromatic heterocycles. The predicted octanol–water partition coefficient (Wildman–Crippen LogP) is 4.15. The molecule has 4 aromatic carbocycles. The van der Waals surface area contributed by atoms with E-state index in [-0.39, 0.29) is 145 Å². The Hall–Kier alpha value is -8.42. The number of carboxylic acid groups (broad SMARTS) is 1. The molecule has 3 aliphatic rings. The first-order chi connectivity index (χ1) is 54.0. The normalized spacial score (nSPS) is 17.1. The molecule has 4 amide bonds. The number of ether oxygens (including phenoxy) is 14. The Morgan fingerprint density at radius 2 is 1.16 bits per heavy atom. The highest BCUT2D eigenvalue weighted by atomic mass is 32.2. The predicted molar refractivity (Wildman–Crippen MR) is 390 cm³/mol. The van der Waals surface area contributed by atoms with Gasteiger partial charge in [-0.15, -0.1) is 0 Å². The number of carbonyl (C=O) groups excluding carboxylic acids is 5. The third kappa shape index (κ3) is 30.2. The Morgan fingerprint density at radius 3 is 1.71 bits per heavy atom. The van der Waals surface area contributed by atoms with E-state index in [1.165, 1.54) is 28.6 Å². The summed E-state index contributed by atoms with van der Waals surface area (Å²) >= 11 is 0. The number of carbonyl (C=O) groups is 6. The maximum absolute atomic E-state index is 13.9. The van der Waals surface area contributed by atoms with Gasteiger partial charge in [0.1, 0.15) is 36.5 Å². The van der Waals surface area contributed by atoms with Gasteiger partial charge in [-0.1, -0.05) is 44.2 Å². The summed E-state index contributed by atoms with van der Waals surface area (Å²) in [4.78, 5) is 82.5. The van der Waals surface area contributed by atoms with Crippen LogP contribution >= 0.6 is 0 Å². The van der Waals surface area contributed by atoms with Crippen molar-refractivity contribution < 1.29 is 141 Å². The van der Waals surface area contributed by atoms with Crippen LogP contribution < -0.4 is 31.2 Å². The quantitative estimate of drug-likeness (QED) is 0.0101. The molecule has 2 fully saturated rings. The van der Waals surface area contributed by atoms with Gasteiger partial charge < -0.3 is 113 Å². The molecule has 112 heavy (non-hydrogen) atoms. The van der Waals surface area contributed by atoms with E-state index >= 15 is 0 Å². The lowest BCUT2D eigenvalue weighted by atomic mass is 9.99. The molecule has 3 aliphatic heterocycles. The Morgan fingerprint density at radius 1 is 0.625 bits per heavy atom. The average molecular weight is 1610 g/mol. The number of nitrogens with two attached hydrogens (primary N) is 1. The number of nitrogens with zero attached hydrogens (tertiary/aromatic N) is 3. The fraction of sp³-hybridized carbons (Fsp3) is 0.554. The summed E-state index contributed by atoms with van der Waals surface area (Å²) < 4.78 is 158. The highest BCUT2D eigenvalue weighted by molar-refractivity contribution is 7.89. The van der Waals surface area contributed by atoms with Gasteiger partial charge in [0.15, 0.2) is 17.7 Å². The molecule has 0 saturated carbocycles. The van der Waals surface area contributed by atoms with Crippen molar-refractivity contribution in [1.82, 2.24) is 19.8 Å². The summed E-state index contributed by atoms with van der Waals surface area (Å²) in [6, 6.07) is 16.0. The Bertz CT molecular complexity index is 3830. The van der Waals surface area contributed by atoms with Crippen LogP contribution in [0.25, 0.3) is 17.2 Å². The molecule has 620 valence electrons. The second-order valence-corrected chi connectivity index (χ2v) is 27.4. The van der Waals surface area contributed by atoms with Crippen molar-refractivity contribution in [2.75, 3.05) is 177 Å². The summed E-state index contributed by atoms with van der Waals surface area (Å²) in [5.41, 5.74) is 9.64. The van der Waals surface area contributed by atoms with Crippen LogP contribution in [0, 0.1) is 29.2 Å². The van der Waals surface area contributed by atoms with Gasteiger partial charge in [-0.25, -0.2) is 31.8 Å². The van der Waals surface area contributed by atoms with Crippen molar-refractivity contribution in [3.63, 3.8) is 0 Å². The summed E-state index contributed by atoms with van der Waals surface area (Å²) in [6.07, 6.45) is -7.77. The van der Waals surface area contributed by atoms with Crippen LogP contribution in [0.2, 0.25) is 0 Å². The number of esters is 1. The third-order valence-electron chi connectivity index (χ3n) is 16.8. The highest BCUT2D eigenvalue weighted by Gasteiger charge is 2.48. The van der Waals surface area contributed by atoms with Crippen molar-refractivity contribution in [3.05, 3.63) is 107 Å². The number of rotatable bonds is 53. The summed E-state index contributed by atoms with van der Waals surface area (Å²) in [5.74, 6) is -12.6. The number of amides is 4. The van der Waals surface area contributed by atoms with Gasteiger partial charge >= 0.3 is 18.0 Å². The van der Waals surface area contributed by atoms with Crippen molar-refractivity contribution >= 4 is 69.1 Å². The number of benzene rings is 4. The topological polar surface area (TPSA) is 428 Å². The summed E-state index contributed by atoms with van der Waals surface area (Å²) in [7, 11) is -3.96. The molecule has 5 atom stereocenters. The minimum atomic E-state index is -3.96. The first-order valence-electron chi connectivity index (χ1n) is 36.6. The molecule has 7 rings (SSSR count). The van der Waals surface area contributed by atoms with E-state index in [0.29, 0.717) is 126 Å². The number of anilines is 1. The first kappa shape index (κ1) is 90.8. The van der Waals surface area contributed by atoms with Crippen molar-refractivity contribution in [3.8, 4) is 22.6 Å². The van der Waals surface area contributed by atoms with E-state index in [0.717, 1.165) is 12.8 Å². The van der Waals surface area contributed by atoms with Crippen molar-refractivity contribution in [2.45, 2.75) is 94.6 Å². The maximum Gasteiger partial charge on any atom is 0.407 e. The zero-order valence-electron chi connectivity index (χ0n) is 62.3. The number of aliphatic imine (C=N–C) groups is 1. The van der Waals surface area contributed by atoms with Crippen LogP contribution in [0.15, 0.2) is 82.2 Å². The van der Waals surface area contributed by atoms with Crippen LogP contribution in [-0.4, -0.2) is 282 Å². The lowest BCUT2D eigenvalue weighted by Gasteiger charge is -2.38. The SMILES string of the molecule is CCCN(CCC)C(=O)C1=Cc2ccc(-c3cccc(S(=O)(=O)N4CC(CNC(=O)OCc5ccc(O[C@H]6O[C@@H](C(=O)O)[C@H](O)[C@@H](O)[C@@H]6O)c(NC(=O)CCNC(=O)CCOCCOCCOCCOCCOCCOCCOCCOCCOCCOCCC(=O)Oc6c(F)c(F)cc(F)c6F)c5)C4)c3)cc2N=C(N)C1. The smallest absolute Gasteiger partial charge is 0.407 e. The molecular formula is C74H99F4N7O26S. The molecule has 33 nitrogen and oxygen atoms in total. The molecule has 0 spiro atoms. The van der Waals surface area contributed by atoms with Gasteiger partial charge in [-0.2, -0.15) is 13.1 Å². The van der Waals surface area contributed by atoms with Gasteiger partial charge in [0, 0.05) is 81.7 Å². The van der Waals surface area contributed by atoms with Gasteiger partial charge in [-0.05, 0) is 65.9 Å². The summed E-state index contributed by atoms with van der Waals surface area (Å²) in [6.45, 7) is 10.2. The van der Waals surface area contributed by atoms with E-state index < -0.39 is 106 Å². The van der Waals surface area contributed by atoms with Crippen LogP contribution in [0.4, 0.5) is 33.7 Å². The fourth-order valence-electron chi connectivity index (χ4n) is 11.0. The van der Waals surface area contributed by atoms with Crippen molar-refractivity contribution in [2.24, 2.45) is 16.6 Å². The Balaban J connectivity index is 0.692. The number of amidine groups is 1. The lowest BCUT2D eigenvalue weighted by molar-refractivity contribution is -0.271. The second-order valence-electron chi connectivity index (χ2n) is 25.4. The number of aliphatic hydroxyl groups is 3. The fourth-order valence-corrected chi connectivity index (χ4v) is 12.6. The number of hydrogen-bond donors (Lipinski definition) is 8. The minimum absolute atomic E-state index is 0.00171. The second kappa shape index (κ2) is 48.6. The number of sulfonamides is 1. The van der Waals surface area contributed by atoms with Crippen LogP contribution in [-0.2, 0) is 97.4 Å². The molecule has 3 heterocycles. The van der Waals surface area contributed by atoms with Gasteiger partial charge in [0.05, 0.1) is 155 Å². The zero-order chi connectivity index (χ0) is 80.8. The molecule has 2 saturated heterocycles. The Kier molecular flexibility index (Phi) is 39.4. The highest BCUT2D eigenvalue weighted by Crippen LogP contribution is 2.36. The molecular weight excluding hydrogens is 1510 g/mol. The first-order valence-corrected chi connectivity index (χ1v) is 38.0. The van der Waals surface area contributed by atoms with Crippen LogP contribution in [0.5, 0.6) is 11.5 Å². The van der Waals surface area contributed by atoms with Crippen LogP contribution in [0.3, 0.4) is 0 Å². The maximum atomic E-state index is 13.9. The number of halogens is 4. The zero-order valence-corrected chi connectivity index (χ0v) is 63.2. The van der Waals surface area contributed by atoms with E-state index in [1.807, 2.05) is 37.0 Å². The molecule has 38 heteroatoms. The number of aliphatic hydroxyl groups excluding tert-OH is 3. The number of aliphatic carboxylic acids is 1. The van der Waals surface area contributed by atoms with Crippen LogP contribution in [0.1, 0.15) is 63.5 Å². The largest absolute Gasteiger partial charge is 0.479 e. The minimum Gasteiger partial charge on any atom is -0.479 e. The number of carboxylic acids is 1. The van der Waals surface area contributed by atoms with E-state index in [2.05, 4.69) is 25.7 Å². The molecule has 4 aromatic rings. The Labute approximate surface area is 645 Å². The van der Waals surface area contributed by atoms with Gasteiger partial charge in [0.2, 0.25) is 51.4 Å². The summed E-state index contributed by atoms with van der Waals surface area (Å²) in [5, 5.41) is 48.8. The number of hydrogen-bond acceptors (Lipinski definition) is 27. The third-order valence-corrected chi connectivity index (χ3v) is 18.6. The molecule has 0 bridgehead atoms. The monoisotopic (exact) mass is 1610 g/mol. The molecule has 0 radical (unpaired) electrons. The van der Waals surface area contributed by atoms with E-state index in [1.54, 1.807) is 24.3 Å².